The molecule has 2 saturated heterocycles. The molecule has 1 aromatic rings. The summed E-state index contributed by atoms with van der Waals surface area (Å²) in [5, 5.41) is 2.97. The van der Waals surface area contributed by atoms with Crippen LogP contribution in [0.25, 0.3) is 0 Å². The first-order chi connectivity index (χ1) is 9.74. The van der Waals surface area contributed by atoms with Crippen LogP contribution in [0, 0.1) is 0 Å². The fourth-order valence-corrected chi connectivity index (χ4v) is 3.42. The van der Waals surface area contributed by atoms with Crippen molar-refractivity contribution in [1.82, 2.24) is 10.2 Å². The lowest BCUT2D eigenvalue weighted by Gasteiger charge is -2.35. The zero-order valence-corrected chi connectivity index (χ0v) is 12.9. The Morgan fingerprint density at radius 2 is 2.30 bits per heavy atom. The Morgan fingerprint density at radius 3 is 3.15 bits per heavy atom. The van der Waals surface area contributed by atoms with E-state index in [4.69, 9.17) is 4.74 Å². The molecule has 2 heterocycles. The average Bonchev–Trinajstić information content (AvgIpc) is 2.92. The van der Waals surface area contributed by atoms with Crippen molar-refractivity contribution >= 4 is 21.8 Å². The van der Waals surface area contributed by atoms with Gasteiger partial charge in [0.05, 0.1) is 18.3 Å². The number of amides is 1. The van der Waals surface area contributed by atoms with E-state index in [1.54, 1.807) is 0 Å². The Kier molecular flexibility index (Phi) is 4.38. The lowest BCUT2D eigenvalue weighted by molar-refractivity contribution is -0.0461. The van der Waals surface area contributed by atoms with Crippen molar-refractivity contribution in [3.05, 3.63) is 34.3 Å². The number of ether oxygens (including phenoxy) is 1. The van der Waals surface area contributed by atoms with Crippen molar-refractivity contribution in [1.29, 1.82) is 0 Å². The Labute approximate surface area is 127 Å². The minimum atomic E-state index is -0.0513. The molecule has 4 nitrogen and oxygen atoms in total. The van der Waals surface area contributed by atoms with E-state index in [1.165, 1.54) is 19.4 Å². The van der Waals surface area contributed by atoms with Gasteiger partial charge in [0.2, 0.25) is 0 Å². The highest BCUT2D eigenvalue weighted by Gasteiger charge is 2.32. The summed E-state index contributed by atoms with van der Waals surface area (Å²) in [7, 11) is 0. The molecule has 0 spiro atoms. The summed E-state index contributed by atoms with van der Waals surface area (Å²) >= 11 is 3.40. The van der Waals surface area contributed by atoms with Crippen molar-refractivity contribution in [3.63, 3.8) is 0 Å². The minimum absolute atomic E-state index is 0.0513. The topological polar surface area (TPSA) is 41.6 Å². The van der Waals surface area contributed by atoms with Crippen molar-refractivity contribution in [2.75, 3.05) is 26.2 Å². The quantitative estimate of drug-likeness (QED) is 0.916. The smallest absolute Gasteiger partial charge is 0.252 e. The molecule has 20 heavy (non-hydrogen) atoms. The number of rotatable bonds is 3. The summed E-state index contributed by atoms with van der Waals surface area (Å²) in [5.74, 6) is -0.0513. The number of benzene rings is 1. The van der Waals surface area contributed by atoms with Crippen LogP contribution in [0.3, 0.4) is 0 Å². The average molecular weight is 339 g/mol. The highest BCUT2D eigenvalue weighted by molar-refractivity contribution is 9.10. The fourth-order valence-electron chi connectivity index (χ4n) is 2.96. The van der Waals surface area contributed by atoms with E-state index in [-0.39, 0.29) is 12.0 Å². The number of fused-ring (bicyclic) bond motifs is 1. The molecule has 3 rings (SSSR count). The molecule has 2 fully saturated rings. The molecular formula is C15H19BrN2O2. The Morgan fingerprint density at radius 1 is 1.45 bits per heavy atom. The summed E-state index contributed by atoms with van der Waals surface area (Å²) in [6.07, 6.45) is 2.62. The minimum Gasteiger partial charge on any atom is -0.373 e. The predicted octanol–water partition coefficient (Wildman–Crippen LogP) is 2.04. The van der Waals surface area contributed by atoms with Gasteiger partial charge < -0.3 is 10.1 Å². The van der Waals surface area contributed by atoms with E-state index < -0.39 is 0 Å². The first-order valence-corrected chi connectivity index (χ1v) is 7.92. The first kappa shape index (κ1) is 14.0. The van der Waals surface area contributed by atoms with E-state index in [1.807, 2.05) is 24.3 Å². The number of nitrogens with zero attached hydrogens (tertiary/aromatic N) is 1. The number of hydrogen-bond acceptors (Lipinski definition) is 3. The summed E-state index contributed by atoms with van der Waals surface area (Å²) in [4.78, 5) is 14.6. The van der Waals surface area contributed by atoms with Gasteiger partial charge in [0, 0.05) is 23.6 Å². The van der Waals surface area contributed by atoms with Crippen molar-refractivity contribution < 1.29 is 9.53 Å². The zero-order chi connectivity index (χ0) is 13.9. The van der Waals surface area contributed by atoms with Gasteiger partial charge in [-0.2, -0.15) is 0 Å². The first-order valence-electron chi connectivity index (χ1n) is 7.12. The molecule has 2 atom stereocenters. The Hall–Kier alpha value is -0.910. The maximum absolute atomic E-state index is 12.1. The van der Waals surface area contributed by atoms with E-state index >= 15 is 0 Å². The molecule has 0 aliphatic carbocycles. The van der Waals surface area contributed by atoms with E-state index in [0.29, 0.717) is 18.2 Å². The molecule has 0 radical (unpaired) electrons. The second kappa shape index (κ2) is 6.24. The van der Waals surface area contributed by atoms with Crippen LogP contribution in [0.15, 0.2) is 28.7 Å². The maximum atomic E-state index is 12.1. The van der Waals surface area contributed by atoms with Gasteiger partial charge in [-0.15, -0.1) is 0 Å². The van der Waals surface area contributed by atoms with Gasteiger partial charge in [0.25, 0.3) is 5.91 Å². The highest BCUT2D eigenvalue weighted by Crippen LogP contribution is 2.22. The van der Waals surface area contributed by atoms with Gasteiger partial charge in [-0.25, -0.2) is 0 Å². The Balaban J connectivity index is 1.52. The molecule has 1 aromatic carbocycles. The van der Waals surface area contributed by atoms with Gasteiger partial charge in [0.1, 0.15) is 0 Å². The second-order valence-electron chi connectivity index (χ2n) is 5.44. The molecule has 108 valence electrons. The van der Waals surface area contributed by atoms with Crippen LogP contribution in [0.1, 0.15) is 23.2 Å². The molecule has 1 amide bonds. The van der Waals surface area contributed by atoms with Crippen molar-refractivity contribution in [2.24, 2.45) is 0 Å². The summed E-state index contributed by atoms with van der Waals surface area (Å²) in [6, 6.07) is 8.06. The standard InChI is InChI=1S/C15H19BrN2O2/c16-14-6-2-1-5-13(14)15(19)17-8-12-9-18-7-3-4-11(18)10-20-12/h1-2,5-6,11-12H,3-4,7-10H2,(H,17,19)/t11-,12+/m0/s1. The third-order valence-corrected chi connectivity index (χ3v) is 4.76. The highest BCUT2D eigenvalue weighted by atomic mass is 79.9. The number of nitrogens with one attached hydrogen (secondary N) is 1. The van der Waals surface area contributed by atoms with Crippen LogP contribution in [0.4, 0.5) is 0 Å². The maximum Gasteiger partial charge on any atom is 0.252 e. The SMILES string of the molecule is O=C(NC[C@@H]1CN2CCC[C@H]2CO1)c1ccccc1Br. The van der Waals surface area contributed by atoms with Gasteiger partial charge in [-0.1, -0.05) is 12.1 Å². The summed E-state index contributed by atoms with van der Waals surface area (Å²) < 4.78 is 6.66. The largest absolute Gasteiger partial charge is 0.373 e. The lowest BCUT2D eigenvalue weighted by Crippen LogP contribution is -2.50. The number of carbonyl (C=O) groups is 1. The van der Waals surface area contributed by atoms with Crippen LogP contribution in [0.2, 0.25) is 0 Å². The molecule has 0 saturated carbocycles. The molecule has 2 aliphatic heterocycles. The number of morpholine rings is 1. The van der Waals surface area contributed by atoms with Crippen LogP contribution >= 0.6 is 15.9 Å². The normalized spacial score (nSPS) is 26.2. The van der Waals surface area contributed by atoms with Gasteiger partial charge >= 0.3 is 0 Å². The van der Waals surface area contributed by atoms with E-state index in [9.17, 15) is 4.79 Å². The lowest BCUT2D eigenvalue weighted by atomic mass is 10.1. The van der Waals surface area contributed by atoms with Gasteiger partial charge in [-0.05, 0) is 47.4 Å². The van der Waals surface area contributed by atoms with E-state index in [0.717, 1.165) is 17.6 Å². The predicted molar refractivity (Wildman–Crippen MR) is 80.8 cm³/mol. The Bertz CT molecular complexity index is 495. The molecule has 2 aliphatic rings. The third-order valence-electron chi connectivity index (χ3n) is 4.07. The molecule has 5 heteroatoms. The molecule has 1 N–H and O–H groups in total. The van der Waals surface area contributed by atoms with Crippen LogP contribution in [0.5, 0.6) is 0 Å². The van der Waals surface area contributed by atoms with Crippen LogP contribution < -0.4 is 5.32 Å². The molecule has 0 aromatic heterocycles. The van der Waals surface area contributed by atoms with Crippen LogP contribution in [-0.4, -0.2) is 49.2 Å². The zero-order valence-electron chi connectivity index (χ0n) is 11.3. The number of carbonyl (C=O) groups excluding carboxylic acids is 1. The van der Waals surface area contributed by atoms with Gasteiger partial charge in [-0.3, -0.25) is 9.69 Å². The van der Waals surface area contributed by atoms with Crippen LogP contribution in [-0.2, 0) is 4.74 Å². The van der Waals surface area contributed by atoms with Crippen molar-refractivity contribution in [2.45, 2.75) is 25.0 Å². The third kappa shape index (κ3) is 3.05. The fraction of sp³-hybridized carbons (Fsp3) is 0.533. The molecule has 0 bridgehead atoms. The molecular weight excluding hydrogens is 320 g/mol. The number of hydrogen-bond donors (Lipinski definition) is 1. The summed E-state index contributed by atoms with van der Waals surface area (Å²) in [5.41, 5.74) is 0.669. The summed E-state index contributed by atoms with van der Waals surface area (Å²) in [6.45, 7) is 3.47. The number of halogens is 1. The molecule has 0 unspecified atom stereocenters. The van der Waals surface area contributed by atoms with Crippen molar-refractivity contribution in [3.8, 4) is 0 Å². The monoisotopic (exact) mass is 338 g/mol. The van der Waals surface area contributed by atoms with E-state index in [2.05, 4.69) is 26.1 Å². The van der Waals surface area contributed by atoms with Gasteiger partial charge in [0.15, 0.2) is 0 Å². The second-order valence-corrected chi connectivity index (χ2v) is 6.29.